The van der Waals surface area contributed by atoms with Gasteiger partial charge in [0.25, 0.3) is 5.91 Å². The summed E-state index contributed by atoms with van der Waals surface area (Å²) < 4.78 is 0. The summed E-state index contributed by atoms with van der Waals surface area (Å²) in [5, 5.41) is 7.28. The van der Waals surface area contributed by atoms with Crippen molar-refractivity contribution < 1.29 is 9.59 Å². The van der Waals surface area contributed by atoms with Crippen LogP contribution in [0.4, 0.5) is 0 Å². The summed E-state index contributed by atoms with van der Waals surface area (Å²) in [6.07, 6.45) is 1.63. The van der Waals surface area contributed by atoms with Crippen LogP contribution in [0.1, 0.15) is 40.3 Å². The van der Waals surface area contributed by atoms with Crippen molar-refractivity contribution in [2.75, 3.05) is 0 Å². The first-order valence-electron chi connectivity index (χ1n) is 7.54. The number of H-pyrrole nitrogens is 1. The Morgan fingerprint density at radius 3 is 2.62 bits per heavy atom. The van der Waals surface area contributed by atoms with Gasteiger partial charge in [-0.05, 0) is 39.1 Å². The predicted octanol–water partition coefficient (Wildman–Crippen LogP) is 1.88. The monoisotopic (exact) mass is 347 g/mol. The minimum absolute atomic E-state index is 0.0387. The first-order chi connectivity index (χ1) is 11.2. The molecule has 0 saturated heterocycles. The fourth-order valence-corrected chi connectivity index (χ4v) is 2.80. The zero-order valence-electron chi connectivity index (χ0n) is 14.1. The van der Waals surface area contributed by atoms with E-state index in [0.29, 0.717) is 21.7 Å². The largest absolute Gasteiger partial charge is 0.363 e. The highest BCUT2D eigenvalue weighted by molar-refractivity contribution is 7.12. The van der Waals surface area contributed by atoms with E-state index in [0.717, 1.165) is 0 Å². The van der Waals surface area contributed by atoms with Crippen molar-refractivity contribution in [1.82, 2.24) is 15.6 Å². The highest BCUT2D eigenvalue weighted by atomic mass is 32.1. The van der Waals surface area contributed by atoms with Crippen LogP contribution in [0.3, 0.4) is 0 Å². The molecule has 24 heavy (non-hydrogen) atoms. The molecule has 0 aliphatic rings. The molecule has 0 unspecified atom stereocenters. The molecule has 0 aromatic carbocycles. The molecule has 3 N–H and O–H groups in total. The third-order valence-corrected chi connectivity index (χ3v) is 4.65. The lowest BCUT2D eigenvalue weighted by molar-refractivity contribution is -0.126. The van der Waals surface area contributed by atoms with E-state index in [1.165, 1.54) is 11.3 Å². The third-order valence-electron chi connectivity index (χ3n) is 3.78. The number of nitrogens with one attached hydrogen (secondary N) is 3. The first-order valence-corrected chi connectivity index (χ1v) is 8.42. The molecule has 0 fully saturated rings. The average molecular weight is 347 g/mol. The van der Waals surface area contributed by atoms with E-state index >= 15 is 0 Å². The van der Waals surface area contributed by atoms with Gasteiger partial charge < -0.3 is 15.6 Å². The van der Waals surface area contributed by atoms with E-state index in [1.807, 2.05) is 0 Å². The van der Waals surface area contributed by atoms with Gasteiger partial charge in [-0.1, -0.05) is 6.07 Å². The van der Waals surface area contributed by atoms with Crippen LogP contribution in [-0.4, -0.2) is 22.3 Å². The molecule has 2 aromatic heterocycles. The van der Waals surface area contributed by atoms with Gasteiger partial charge in [-0.3, -0.25) is 14.4 Å². The molecule has 2 heterocycles. The van der Waals surface area contributed by atoms with Gasteiger partial charge in [-0.15, -0.1) is 11.3 Å². The number of hydrogen-bond donors (Lipinski definition) is 3. The number of aromatic amines is 1. The van der Waals surface area contributed by atoms with Crippen LogP contribution in [0.5, 0.6) is 0 Å². The minimum atomic E-state index is -1.07. The van der Waals surface area contributed by atoms with Crippen molar-refractivity contribution in [2.24, 2.45) is 0 Å². The van der Waals surface area contributed by atoms with Gasteiger partial charge in [0.1, 0.15) is 5.54 Å². The smallest absolute Gasteiger partial charge is 0.262 e. The normalized spacial score (nSPS) is 11.2. The summed E-state index contributed by atoms with van der Waals surface area (Å²) in [7, 11) is 0. The second-order valence-corrected chi connectivity index (χ2v) is 7.09. The number of hydrogen-bond acceptors (Lipinski definition) is 4. The molecular formula is C17H21N3O3S. The topological polar surface area (TPSA) is 91.1 Å². The first kappa shape index (κ1) is 17.9. The molecule has 0 radical (unpaired) electrons. The zero-order chi connectivity index (χ0) is 17.9. The summed E-state index contributed by atoms with van der Waals surface area (Å²) in [5.74, 6) is -0.613. The Bertz CT molecular complexity index is 807. The summed E-state index contributed by atoms with van der Waals surface area (Å²) in [4.78, 5) is 40.0. The predicted molar refractivity (Wildman–Crippen MR) is 94.2 cm³/mol. The molecule has 0 aliphatic heterocycles. The Balaban J connectivity index is 2.02. The molecule has 2 aromatic rings. The zero-order valence-corrected chi connectivity index (χ0v) is 15.0. The lowest BCUT2D eigenvalue weighted by Crippen LogP contribution is -2.54. The maximum Gasteiger partial charge on any atom is 0.262 e. The van der Waals surface area contributed by atoms with Crippen molar-refractivity contribution in [3.05, 3.63) is 55.6 Å². The van der Waals surface area contributed by atoms with Gasteiger partial charge in [0.15, 0.2) is 5.43 Å². The SMILES string of the molecule is Cc1c[nH]c(CNC(=O)C(C)(C)NC(=O)c2cccs2)c(C)c1=O. The van der Waals surface area contributed by atoms with Gasteiger partial charge in [0.05, 0.1) is 11.4 Å². The van der Waals surface area contributed by atoms with E-state index in [4.69, 9.17) is 0 Å². The van der Waals surface area contributed by atoms with Gasteiger partial charge >= 0.3 is 0 Å². The van der Waals surface area contributed by atoms with Crippen LogP contribution >= 0.6 is 11.3 Å². The Kier molecular flexibility index (Phi) is 5.23. The number of aromatic nitrogens is 1. The Labute approximate surface area is 144 Å². The van der Waals surface area contributed by atoms with Gasteiger partial charge in [-0.2, -0.15) is 0 Å². The van der Waals surface area contributed by atoms with Gasteiger partial charge in [0, 0.05) is 23.0 Å². The molecule has 6 nitrogen and oxygen atoms in total. The maximum atomic E-state index is 12.4. The fraction of sp³-hybridized carbons (Fsp3) is 0.353. The molecular weight excluding hydrogens is 326 g/mol. The lowest BCUT2D eigenvalue weighted by Gasteiger charge is -2.25. The van der Waals surface area contributed by atoms with Crippen LogP contribution in [-0.2, 0) is 11.3 Å². The van der Waals surface area contributed by atoms with Crippen molar-refractivity contribution in [2.45, 2.75) is 39.8 Å². The quantitative estimate of drug-likeness (QED) is 0.771. The van der Waals surface area contributed by atoms with Crippen LogP contribution in [0, 0.1) is 13.8 Å². The number of amides is 2. The Morgan fingerprint density at radius 2 is 2.00 bits per heavy atom. The molecule has 0 aliphatic carbocycles. The highest BCUT2D eigenvalue weighted by Gasteiger charge is 2.30. The minimum Gasteiger partial charge on any atom is -0.363 e. The molecule has 7 heteroatoms. The van der Waals surface area contributed by atoms with Crippen LogP contribution in [0.2, 0.25) is 0 Å². The lowest BCUT2D eigenvalue weighted by atomic mass is 10.0. The second kappa shape index (κ2) is 7.00. The number of aryl methyl sites for hydroxylation is 1. The molecule has 0 bridgehead atoms. The third kappa shape index (κ3) is 3.91. The van der Waals surface area contributed by atoms with Crippen molar-refractivity contribution >= 4 is 23.2 Å². The summed E-state index contributed by atoms with van der Waals surface area (Å²) >= 11 is 1.32. The van der Waals surface area contributed by atoms with Crippen molar-refractivity contribution in [3.63, 3.8) is 0 Å². The second-order valence-electron chi connectivity index (χ2n) is 6.14. The van der Waals surface area contributed by atoms with E-state index in [9.17, 15) is 14.4 Å². The highest BCUT2D eigenvalue weighted by Crippen LogP contribution is 2.11. The molecule has 0 atom stereocenters. The van der Waals surface area contributed by atoms with E-state index in [1.54, 1.807) is 51.4 Å². The van der Waals surface area contributed by atoms with E-state index in [-0.39, 0.29) is 23.8 Å². The molecule has 0 spiro atoms. The number of carbonyl (C=O) groups is 2. The van der Waals surface area contributed by atoms with Gasteiger partial charge in [-0.25, -0.2) is 0 Å². The summed E-state index contributed by atoms with van der Waals surface area (Å²) in [5.41, 5.74) is 0.754. The number of pyridine rings is 1. The fourth-order valence-electron chi connectivity index (χ4n) is 2.19. The van der Waals surface area contributed by atoms with E-state index < -0.39 is 5.54 Å². The standard InChI is InChI=1S/C17H21N3O3S/c1-10-8-18-12(11(2)14(10)21)9-19-16(23)17(3,4)20-15(22)13-6-5-7-24-13/h5-8H,9H2,1-4H3,(H,18,21)(H,19,23)(H,20,22). The van der Waals surface area contributed by atoms with Crippen molar-refractivity contribution in [3.8, 4) is 0 Å². The number of rotatable bonds is 5. The Hall–Kier alpha value is -2.41. The molecule has 2 amide bonds. The summed E-state index contributed by atoms with van der Waals surface area (Å²) in [6, 6.07) is 3.48. The van der Waals surface area contributed by atoms with Gasteiger partial charge in [0.2, 0.25) is 5.91 Å². The van der Waals surface area contributed by atoms with E-state index in [2.05, 4.69) is 15.6 Å². The summed E-state index contributed by atoms with van der Waals surface area (Å²) in [6.45, 7) is 6.92. The van der Waals surface area contributed by atoms with Crippen molar-refractivity contribution in [1.29, 1.82) is 0 Å². The number of thiophene rings is 1. The van der Waals surface area contributed by atoms with Crippen LogP contribution < -0.4 is 16.1 Å². The van der Waals surface area contributed by atoms with Crippen LogP contribution in [0.15, 0.2) is 28.5 Å². The number of carbonyl (C=O) groups excluding carboxylic acids is 2. The molecule has 0 saturated carbocycles. The van der Waals surface area contributed by atoms with Crippen LogP contribution in [0.25, 0.3) is 0 Å². The Morgan fingerprint density at radius 1 is 1.29 bits per heavy atom. The molecule has 128 valence electrons. The average Bonchev–Trinajstić information content (AvgIpc) is 3.06. The maximum absolute atomic E-state index is 12.4. The molecule has 2 rings (SSSR count).